The average Bonchev–Trinajstić information content (AvgIpc) is 2.39. The van der Waals surface area contributed by atoms with Crippen LogP contribution in [-0.4, -0.2) is 41.9 Å². The molecule has 1 fully saturated rings. The number of carboxylic acids is 1. The van der Waals surface area contributed by atoms with Crippen molar-refractivity contribution in [1.82, 2.24) is 9.29 Å². The van der Waals surface area contributed by atoms with Crippen molar-refractivity contribution in [1.29, 1.82) is 0 Å². The van der Waals surface area contributed by atoms with Crippen molar-refractivity contribution in [2.75, 3.05) is 13.1 Å². The summed E-state index contributed by atoms with van der Waals surface area (Å²) >= 11 is 5.73. The van der Waals surface area contributed by atoms with E-state index in [2.05, 4.69) is 4.98 Å². The van der Waals surface area contributed by atoms with Crippen LogP contribution in [0.2, 0.25) is 5.02 Å². The summed E-state index contributed by atoms with van der Waals surface area (Å²) < 4.78 is 25.9. The van der Waals surface area contributed by atoms with E-state index >= 15 is 0 Å². The van der Waals surface area contributed by atoms with Gasteiger partial charge in [-0.05, 0) is 18.9 Å². The normalized spacial score (nSPS) is 18.4. The zero-order valence-corrected chi connectivity index (χ0v) is 11.6. The molecule has 1 aliphatic rings. The number of carbonyl (C=O) groups is 1. The second kappa shape index (κ2) is 5.44. The van der Waals surface area contributed by atoms with Gasteiger partial charge in [0, 0.05) is 25.5 Å². The highest BCUT2D eigenvalue weighted by molar-refractivity contribution is 7.89. The predicted molar refractivity (Wildman–Crippen MR) is 68.4 cm³/mol. The van der Waals surface area contributed by atoms with E-state index in [4.69, 9.17) is 16.7 Å². The maximum Gasteiger partial charge on any atom is 0.306 e. The Kier molecular flexibility index (Phi) is 4.07. The lowest BCUT2D eigenvalue weighted by Gasteiger charge is -2.29. The van der Waals surface area contributed by atoms with E-state index in [1.54, 1.807) is 0 Å². The van der Waals surface area contributed by atoms with Gasteiger partial charge >= 0.3 is 5.97 Å². The van der Waals surface area contributed by atoms with Crippen LogP contribution < -0.4 is 0 Å². The van der Waals surface area contributed by atoms with E-state index < -0.39 is 21.9 Å². The highest BCUT2D eigenvalue weighted by Crippen LogP contribution is 2.24. The Morgan fingerprint density at radius 1 is 1.37 bits per heavy atom. The Hall–Kier alpha value is -1.18. The van der Waals surface area contributed by atoms with E-state index in [0.29, 0.717) is 12.8 Å². The van der Waals surface area contributed by atoms with Crippen molar-refractivity contribution in [3.63, 3.8) is 0 Å². The largest absolute Gasteiger partial charge is 0.481 e. The zero-order valence-electron chi connectivity index (χ0n) is 9.99. The van der Waals surface area contributed by atoms with Gasteiger partial charge in [-0.1, -0.05) is 11.6 Å². The van der Waals surface area contributed by atoms with E-state index in [0.717, 1.165) is 0 Å². The van der Waals surface area contributed by atoms with Crippen molar-refractivity contribution in [2.24, 2.45) is 5.92 Å². The smallest absolute Gasteiger partial charge is 0.306 e. The van der Waals surface area contributed by atoms with Gasteiger partial charge in [-0.2, -0.15) is 4.31 Å². The highest BCUT2D eigenvalue weighted by atomic mass is 35.5. The molecule has 0 spiro atoms. The number of pyridine rings is 1. The first-order valence-electron chi connectivity index (χ1n) is 5.75. The molecule has 0 aromatic carbocycles. The van der Waals surface area contributed by atoms with Gasteiger partial charge in [0.1, 0.15) is 4.90 Å². The molecule has 0 unspecified atom stereocenters. The van der Waals surface area contributed by atoms with Crippen molar-refractivity contribution < 1.29 is 18.3 Å². The first-order chi connectivity index (χ1) is 8.91. The number of halogens is 1. The third kappa shape index (κ3) is 3.05. The summed E-state index contributed by atoms with van der Waals surface area (Å²) in [5.41, 5.74) is 0. The Morgan fingerprint density at radius 2 is 2.00 bits per heavy atom. The van der Waals surface area contributed by atoms with Crippen molar-refractivity contribution in [3.05, 3.63) is 23.5 Å². The van der Waals surface area contributed by atoms with Crippen LogP contribution in [-0.2, 0) is 14.8 Å². The number of hydrogen-bond donors (Lipinski definition) is 1. The van der Waals surface area contributed by atoms with Crippen LogP contribution in [0.1, 0.15) is 12.8 Å². The van der Waals surface area contributed by atoms with E-state index in [9.17, 15) is 13.2 Å². The van der Waals surface area contributed by atoms with Crippen LogP contribution in [0.4, 0.5) is 0 Å². The fourth-order valence-corrected chi connectivity index (χ4v) is 3.72. The zero-order chi connectivity index (χ0) is 14.0. The van der Waals surface area contributed by atoms with Gasteiger partial charge in [0.15, 0.2) is 0 Å². The van der Waals surface area contributed by atoms with Crippen LogP contribution in [0.5, 0.6) is 0 Å². The van der Waals surface area contributed by atoms with Gasteiger partial charge in [-0.3, -0.25) is 9.78 Å². The quantitative estimate of drug-likeness (QED) is 0.907. The van der Waals surface area contributed by atoms with Gasteiger partial charge in [0.2, 0.25) is 10.0 Å². The molecule has 1 saturated heterocycles. The molecule has 0 bridgehead atoms. The number of nitrogens with zero attached hydrogens (tertiary/aromatic N) is 2. The number of sulfonamides is 1. The molecule has 0 radical (unpaired) electrons. The molecule has 0 amide bonds. The number of aromatic nitrogens is 1. The Morgan fingerprint density at radius 3 is 2.53 bits per heavy atom. The second-order valence-electron chi connectivity index (χ2n) is 4.36. The van der Waals surface area contributed by atoms with Crippen LogP contribution in [0.3, 0.4) is 0 Å². The number of aliphatic carboxylic acids is 1. The average molecular weight is 305 g/mol. The summed E-state index contributed by atoms with van der Waals surface area (Å²) in [6, 6.07) is 1.34. The van der Waals surface area contributed by atoms with Crippen LogP contribution in [0, 0.1) is 5.92 Å². The molecule has 6 nitrogen and oxygen atoms in total. The molecular weight excluding hydrogens is 292 g/mol. The van der Waals surface area contributed by atoms with Gasteiger partial charge < -0.3 is 5.11 Å². The van der Waals surface area contributed by atoms with E-state index in [1.165, 1.54) is 22.8 Å². The highest BCUT2D eigenvalue weighted by Gasteiger charge is 2.32. The lowest BCUT2D eigenvalue weighted by Crippen LogP contribution is -2.40. The van der Waals surface area contributed by atoms with Gasteiger partial charge in [0.25, 0.3) is 0 Å². The van der Waals surface area contributed by atoms with Crippen molar-refractivity contribution >= 4 is 27.6 Å². The van der Waals surface area contributed by atoms with Crippen LogP contribution in [0.15, 0.2) is 23.4 Å². The van der Waals surface area contributed by atoms with Crippen LogP contribution >= 0.6 is 11.6 Å². The minimum atomic E-state index is -3.64. The summed E-state index contributed by atoms with van der Waals surface area (Å²) in [7, 11) is -3.64. The molecular formula is C11H13ClN2O4S. The summed E-state index contributed by atoms with van der Waals surface area (Å²) in [4.78, 5) is 14.6. The molecule has 1 aliphatic heterocycles. The number of carboxylic acid groups (broad SMARTS) is 1. The molecule has 8 heteroatoms. The van der Waals surface area contributed by atoms with Gasteiger partial charge in [-0.25, -0.2) is 8.42 Å². The molecule has 104 valence electrons. The lowest BCUT2D eigenvalue weighted by molar-refractivity contribution is -0.142. The Bertz CT molecular complexity index is 582. The van der Waals surface area contributed by atoms with Gasteiger partial charge in [-0.15, -0.1) is 0 Å². The fourth-order valence-electron chi connectivity index (χ4n) is 2.03. The Labute approximate surface area is 116 Å². The molecule has 0 atom stereocenters. The predicted octanol–water partition coefficient (Wildman–Crippen LogP) is 1.22. The van der Waals surface area contributed by atoms with Gasteiger partial charge in [0.05, 0.1) is 10.9 Å². The van der Waals surface area contributed by atoms with Crippen molar-refractivity contribution in [3.8, 4) is 0 Å². The maximum absolute atomic E-state index is 12.3. The molecule has 0 aliphatic carbocycles. The third-order valence-electron chi connectivity index (χ3n) is 3.12. The first-order valence-corrected chi connectivity index (χ1v) is 7.56. The SMILES string of the molecule is O=C(O)C1CCN(S(=O)(=O)c2cncc(Cl)c2)CC1. The van der Waals surface area contributed by atoms with Crippen molar-refractivity contribution in [2.45, 2.75) is 17.7 Å². The number of rotatable bonds is 3. The molecule has 19 heavy (non-hydrogen) atoms. The minimum Gasteiger partial charge on any atom is -0.481 e. The number of hydrogen-bond acceptors (Lipinski definition) is 4. The molecule has 1 N–H and O–H groups in total. The molecule has 2 heterocycles. The lowest BCUT2D eigenvalue weighted by atomic mass is 9.99. The topological polar surface area (TPSA) is 87.6 Å². The minimum absolute atomic E-state index is 0.0359. The first kappa shape index (κ1) is 14.2. The summed E-state index contributed by atoms with van der Waals surface area (Å²) in [5.74, 6) is -1.34. The summed E-state index contributed by atoms with van der Waals surface area (Å²) in [5, 5.41) is 9.14. The second-order valence-corrected chi connectivity index (χ2v) is 6.73. The third-order valence-corrected chi connectivity index (χ3v) is 5.19. The van der Waals surface area contributed by atoms with E-state index in [1.807, 2.05) is 0 Å². The summed E-state index contributed by atoms with van der Waals surface area (Å²) in [6.45, 7) is 0.400. The van der Waals surface area contributed by atoms with Crippen LogP contribution in [0.25, 0.3) is 0 Å². The van der Waals surface area contributed by atoms with E-state index in [-0.39, 0.29) is 23.0 Å². The molecule has 1 aromatic heterocycles. The molecule has 1 aromatic rings. The molecule has 2 rings (SSSR count). The maximum atomic E-state index is 12.3. The standard InChI is InChI=1S/C11H13ClN2O4S/c12-9-5-10(7-13-6-9)19(17,18)14-3-1-8(2-4-14)11(15)16/h5-8H,1-4H2,(H,15,16). The number of piperidine rings is 1. The monoisotopic (exact) mass is 304 g/mol. The molecule has 0 saturated carbocycles. The fraction of sp³-hybridized carbons (Fsp3) is 0.455. The summed E-state index contributed by atoms with van der Waals surface area (Å²) in [6.07, 6.45) is 3.24. The Balaban J connectivity index is 2.16.